The SMILES string of the molecule is O=S(=O)(NCCC1CCNCC1)c1ccccc1. The van der Waals surface area contributed by atoms with Crippen molar-refractivity contribution in [2.45, 2.75) is 24.2 Å². The molecule has 1 aromatic carbocycles. The van der Waals surface area contributed by atoms with Crippen LogP contribution in [0.15, 0.2) is 35.2 Å². The summed E-state index contributed by atoms with van der Waals surface area (Å²) >= 11 is 0. The van der Waals surface area contributed by atoms with E-state index in [0.29, 0.717) is 17.4 Å². The molecule has 0 unspecified atom stereocenters. The van der Waals surface area contributed by atoms with Crippen LogP contribution in [0.3, 0.4) is 0 Å². The van der Waals surface area contributed by atoms with E-state index in [0.717, 1.165) is 32.4 Å². The summed E-state index contributed by atoms with van der Waals surface area (Å²) in [5.41, 5.74) is 0. The molecule has 1 heterocycles. The van der Waals surface area contributed by atoms with Crippen molar-refractivity contribution in [3.05, 3.63) is 30.3 Å². The zero-order valence-electron chi connectivity index (χ0n) is 10.4. The number of rotatable bonds is 5. The van der Waals surface area contributed by atoms with Crippen molar-refractivity contribution in [1.82, 2.24) is 10.0 Å². The minimum atomic E-state index is -3.33. The van der Waals surface area contributed by atoms with Crippen LogP contribution in [0.4, 0.5) is 0 Å². The average Bonchev–Trinajstić information content (AvgIpc) is 2.41. The van der Waals surface area contributed by atoms with Crippen molar-refractivity contribution >= 4 is 10.0 Å². The Bertz CT molecular complexity index is 453. The maximum atomic E-state index is 12.0. The normalized spacial score (nSPS) is 17.8. The Balaban J connectivity index is 1.82. The van der Waals surface area contributed by atoms with Crippen LogP contribution in [0, 0.1) is 5.92 Å². The highest BCUT2D eigenvalue weighted by Crippen LogP contribution is 2.15. The summed E-state index contributed by atoms with van der Waals surface area (Å²) in [6.07, 6.45) is 3.22. The Hall–Kier alpha value is -0.910. The van der Waals surface area contributed by atoms with Gasteiger partial charge in [0.25, 0.3) is 0 Å². The molecule has 0 spiro atoms. The molecule has 1 aliphatic heterocycles. The van der Waals surface area contributed by atoms with Crippen molar-refractivity contribution < 1.29 is 8.42 Å². The fourth-order valence-corrected chi connectivity index (χ4v) is 3.32. The predicted molar refractivity (Wildman–Crippen MR) is 71.8 cm³/mol. The quantitative estimate of drug-likeness (QED) is 0.847. The van der Waals surface area contributed by atoms with Gasteiger partial charge in [-0.3, -0.25) is 0 Å². The summed E-state index contributed by atoms with van der Waals surface area (Å²) in [4.78, 5) is 0.343. The first-order valence-electron chi connectivity index (χ1n) is 6.44. The number of nitrogens with one attached hydrogen (secondary N) is 2. The maximum absolute atomic E-state index is 12.0. The highest BCUT2D eigenvalue weighted by atomic mass is 32.2. The molecule has 1 aromatic rings. The van der Waals surface area contributed by atoms with Crippen molar-refractivity contribution in [3.63, 3.8) is 0 Å². The number of hydrogen-bond donors (Lipinski definition) is 2. The van der Waals surface area contributed by atoms with Gasteiger partial charge in [0.1, 0.15) is 0 Å². The Morgan fingerprint density at radius 3 is 2.50 bits per heavy atom. The van der Waals surface area contributed by atoms with E-state index in [1.165, 1.54) is 0 Å². The molecule has 0 atom stereocenters. The first-order valence-corrected chi connectivity index (χ1v) is 7.92. The van der Waals surface area contributed by atoms with Crippen LogP contribution < -0.4 is 10.0 Å². The Kier molecular flexibility index (Phi) is 4.74. The summed E-state index contributed by atoms with van der Waals surface area (Å²) in [5.74, 6) is 0.643. The molecule has 0 amide bonds. The summed E-state index contributed by atoms with van der Waals surface area (Å²) in [5, 5.41) is 3.31. The van der Waals surface area contributed by atoms with Crippen LogP contribution in [0.1, 0.15) is 19.3 Å². The summed E-state index contributed by atoms with van der Waals surface area (Å²) < 4.78 is 26.6. The van der Waals surface area contributed by atoms with Gasteiger partial charge < -0.3 is 5.32 Å². The third-order valence-electron chi connectivity index (χ3n) is 3.36. The second-order valence-electron chi connectivity index (χ2n) is 4.69. The topological polar surface area (TPSA) is 58.2 Å². The van der Waals surface area contributed by atoms with Gasteiger partial charge >= 0.3 is 0 Å². The van der Waals surface area contributed by atoms with Crippen LogP contribution >= 0.6 is 0 Å². The smallest absolute Gasteiger partial charge is 0.240 e. The van der Waals surface area contributed by atoms with Crippen molar-refractivity contribution in [1.29, 1.82) is 0 Å². The van der Waals surface area contributed by atoms with Crippen molar-refractivity contribution in [2.75, 3.05) is 19.6 Å². The van der Waals surface area contributed by atoms with E-state index < -0.39 is 10.0 Å². The molecule has 5 heteroatoms. The van der Waals surface area contributed by atoms with E-state index in [1.807, 2.05) is 6.07 Å². The summed E-state index contributed by atoms with van der Waals surface area (Å²) in [6, 6.07) is 8.52. The monoisotopic (exact) mass is 268 g/mol. The second-order valence-corrected chi connectivity index (χ2v) is 6.46. The van der Waals surface area contributed by atoms with E-state index in [4.69, 9.17) is 0 Å². The Labute approximate surface area is 109 Å². The molecular formula is C13H20N2O2S. The zero-order chi connectivity index (χ0) is 12.8. The standard InChI is InChI=1S/C13H20N2O2S/c16-18(17,13-4-2-1-3-5-13)15-11-8-12-6-9-14-10-7-12/h1-5,12,14-15H,6-11H2. The van der Waals surface area contributed by atoms with Crippen LogP contribution in [-0.2, 0) is 10.0 Å². The van der Waals surface area contributed by atoms with Gasteiger partial charge in [-0.1, -0.05) is 18.2 Å². The predicted octanol–water partition coefficient (Wildman–Crippen LogP) is 1.35. The van der Waals surface area contributed by atoms with Gasteiger partial charge in [0.15, 0.2) is 0 Å². The molecule has 2 N–H and O–H groups in total. The zero-order valence-corrected chi connectivity index (χ0v) is 11.2. The minimum Gasteiger partial charge on any atom is -0.317 e. The summed E-state index contributed by atoms with van der Waals surface area (Å²) in [7, 11) is -3.33. The van der Waals surface area contributed by atoms with E-state index in [-0.39, 0.29) is 0 Å². The van der Waals surface area contributed by atoms with E-state index in [9.17, 15) is 8.42 Å². The van der Waals surface area contributed by atoms with Crippen molar-refractivity contribution in [2.24, 2.45) is 5.92 Å². The lowest BCUT2D eigenvalue weighted by atomic mass is 9.95. The van der Waals surface area contributed by atoms with E-state index >= 15 is 0 Å². The van der Waals surface area contributed by atoms with Crippen LogP contribution in [0.2, 0.25) is 0 Å². The molecule has 1 saturated heterocycles. The second kappa shape index (κ2) is 6.31. The molecule has 4 nitrogen and oxygen atoms in total. The number of sulfonamides is 1. The fraction of sp³-hybridized carbons (Fsp3) is 0.538. The van der Waals surface area contributed by atoms with Crippen molar-refractivity contribution in [3.8, 4) is 0 Å². The van der Waals surface area contributed by atoms with Crippen LogP contribution in [0.25, 0.3) is 0 Å². The number of benzene rings is 1. The highest BCUT2D eigenvalue weighted by molar-refractivity contribution is 7.89. The average molecular weight is 268 g/mol. The van der Waals surface area contributed by atoms with E-state index in [1.54, 1.807) is 24.3 Å². The summed E-state index contributed by atoms with van der Waals surface area (Å²) in [6.45, 7) is 2.63. The first kappa shape index (κ1) is 13.5. The Morgan fingerprint density at radius 2 is 1.83 bits per heavy atom. The number of hydrogen-bond acceptors (Lipinski definition) is 3. The third-order valence-corrected chi connectivity index (χ3v) is 4.83. The molecule has 0 aliphatic carbocycles. The molecule has 18 heavy (non-hydrogen) atoms. The molecule has 100 valence electrons. The van der Waals surface area contributed by atoms with Crippen LogP contribution in [0.5, 0.6) is 0 Å². The Morgan fingerprint density at radius 1 is 1.17 bits per heavy atom. The minimum absolute atomic E-state index is 0.343. The van der Waals surface area contributed by atoms with Gasteiger partial charge in [0.2, 0.25) is 10.0 Å². The highest BCUT2D eigenvalue weighted by Gasteiger charge is 2.16. The van der Waals surface area contributed by atoms with Gasteiger partial charge in [0.05, 0.1) is 4.90 Å². The molecular weight excluding hydrogens is 248 g/mol. The van der Waals surface area contributed by atoms with E-state index in [2.05, 4.69) is 10.0 Å². The van der Waals surface area contributed by atoms with Crippen LogP contribution in [-0.4, -0.2) is 28.1 Å². The molecule has 1 fully saturated rings. The maximum Gasteiger partial charge on any atom is 0.240 e. The molecule has 1 aliphatic rings. The lowest BCUT2D eigenvalue weighted by molar-refractivity contribution is 0.354. The molecule has 2 rings (SSSR count). The van der Waals surface area contributed by atoms with Gasteiger partial charge in [-0.05, 0) is 50.4 Å². The molecule has 0 radical (unpaired) electrons. The lowest BCUT2D eigenvalue weighted by Crippen LogP contribution is -2.31. The fourth-order valence-electron chi connectivity index (χ4n) is 2.25. The first-order chi connectivity index (χ1) is 8.68. The van der Waals surface area contributed by atoms with Gasteiger partial charge in [-0.2, -0.15) is 0 Å². The molecule has 0 bridgehead atoms. The van der Waals surface area contributed by atoms with Gasteiger partial charge in [0, 0.05) is 6.54 Å². The van der Waals surface area contributed by atoms with Gasteiger partial charge in [-0.15, -0.1) is 0 Å². The molecule has 0 saturated carbocycles. The largest absolute Gasteiger partial charge is 0.317 e. The third kappa shape index (κ3) is 3.80. The number of piperidine rings is 1. The lowest BCUT2D eigenvalue weighted by Gasteiger charge is -2.22. The molecule has 0 aromatic heterocycles. The van der Waals surface area contributed by atoms with Gasteiger partial charge in [-0.25, -0.2) is 13.1 Å².